The van der Waals surface area contributed by atoms with Gasteiger partial charge in [-0.1, -0.05) is 0 Å². The Balaban J connectivity index is 2.11. The van der Waals surface area contributed by atoms with Crippen LogP contribution in [-0.2, 0) is 14.3 Å². The van der Waals surface area contributed by atoms with Crippen molar-refractivity contribution in [2.75, 3.05) is 7.11 Å². The second kappa shape index (κ2) is 2.71. The third kappa shape index (κ3) is 1.03. The van der Waals surface area contributed by atoms with Crippen molar-refractivity contribution in [1.82, 2.24) is 0 Å². The topological polar surface area (TPSA) is 55.8 Å². The smallest absolute Gasteiger partial charge is 0.306 e. The fourth-order valence-corrected chi connectivity index (χ4v) is 2.17. The molecule has 68 valence electrons. The molecule has 1 saturated heterocycles. The summed E-state index contributed by atoms with van der Waals surface area (Å²) < 4.78 is 10.1. The molecule has 0 aromatic carbocycles. The standard InChI is InChI=1S/C8H12O4/c1-11-8-4-2-7(10)12-6(4)3-5(8)9/h4-6,8-9H,2-3H2,1H3/t4-,5+,6-,8+/m0/s1. The van der Waals surface area contributed by atoms with Crippen molar-refractivity contribution in [2.45, 2.75) is 31.2 Å². The highest BCUT2D eigenvalue weighted by atomic mass is 16.6. The molecule has 0 radical (unpaired) electrons. The van der Waals surface area contributed by atoms with E-state index in [1.165, 1.54) is 0 Å². The molecule has 0 unspecified atom stereocenters. The van der Waals surface area contributed by atoms with E-state index >= 15 is 0 Å². The van der Waals surface area contributed by atoms with Gasteiger partial charge in [0.1, 0.15) is 6.10 Å². The molecule has 1 N–H and O–H groups in total. The first-order valence-electron chi connectivity index (χ1n) is 4.12. The summed E-state index contributed by atoms with van der Waals surface area (Å²) in [5, 5.41) is 9.46. The van der Waals surface area contributed by atoms with Gasteiger partial charge < -0.3 is 14.6 Å². The zero-order valence-corrected chi connectivity index (χ0v) is 6.90. The van der Waals surface area contributed by atoms with E-state index in [1.807, 2.05) is 0 Å². The highest BCUT2D eigenvalue weighted by Crippen LogP contribution is 2.38. The normalized spacial score (nSPS) is 46.0. The minimum Gasteiger partial charge on any atom is -0.462 e. The summed E-state index contributed by atoms with van der Waals surface area (Å²) in [6.45, 7) is 0. The van der Waals surface area contributed by atoms with Gasteiger partial charge in [-0.25, -0.2) is 0 Å². The van der Waals surface area contributed by atoms with Gasteiger partial charge in [0.2, 0.25) is 0 Å². The fourth-order valence-electron chi connectivity index (χ4n) is 2.17. The summed E-state index contributed by atoms with van der Waals surface area (Å²) in [4.78, 5) is 10.9. The molecule has 1 saturated carbocycles. The molecule has 0 aromatic rings. The lowest BCUT2D eigenvalue weighted by Crippen LogP contribution is -2.28. The first kappa shape index (κ1) is 8.01. The zero-order chi connectivity index (χ0) is 8.72. The number of aliphatic hydroxyl groups is 1. The molecule has 1 heterocycles. The SMILES string of the molecule is CO[C@@H]1[C@H]2CC(=O)O[C@H]2C[C@H]1O. The first-order chi connectivity index (χ1) is 5.72. The average molecular weight is 172 g/mol. The van der Waals surface area contributed by atoms with Crippen LogP contribution in [0.2, 0.25) is 0 Å². The average Bonchev–Trinajstić information content (AvgIpc) is 2.43. The van der Waals surface area contributed by atoms with Crippen LogP contribution in [0.4, 0.5) is 0 Å². The molecular formula is C8H12O4. The van der Waals surface area contributed by atoms with Gasteiger partial charge in [0, 0.05) is 19.4 Å². The van der Waals surface area contributed by atoms with E-state index in [2.05, 4.69) is 0 Å². The van der Waals surface area contributed by atoms with Crippen molar-refractivity contribution in [3.8, 4) is 0 Å². The molecule has 0 aromatic heterocycles. The second-order valence-corrected chi connectivity index (χ2v) is 3.40. The van der Waals surface area contributed by atoms with Crippen LogP contribution in [-0.4, -0.2) is 36.5 Å². The monoisotopic (exact) mass is 172 g/mol. The quantitative estimate of drug-likeness (QED) is 0.551. The van der Waals surface area contributed by atoms with Crippen molar-refractivity contribution < 1.29 is 19.4 Å². The Labute approximate surface area is 70.5 Å². The first-order valence-corrected chi connectivity index (χ1v) is 4.12. The molecule has 4 nitrogen and oxygen atoms in total. The minimum absolute atomic E-state index is 0.0671. The summed E-state index contributed by atoms with van der Waals surface area (Å²) in [5.41, 5.74) is 0. The Bertz CT molecular complexity index is 203. The van der Waals surface area contributed by atoms with Gasteiger partial charge >= 0.3 is 5.97 Å². The summed E-state index contributed by atoms with van der Waals surface area (Å²) in [6, 6.07) is 0. The van der Waals surface area contributed by atoms with Crippen LogP contribution in [0, 0.1) is 5.92 Å². The maximum absolute atomic E-state index is 10.9. The number of hydrogen-bond donors (Lipinski definition) is 1. The van der Waals surface area contributed by atoms with E-state index in [9.17, 15) is 9.90 Å². The number of aliphatic hydroxyl groups excluding tert-OH is 1. The Morgan fingerprint density at radius 2 is 2.42 bits per heavy atom. The molecule has 0 amide bonds. The van der Waals surface area contributed by atoms with Gasteiger partial charge in [-0.15, -0.1) is 0 Å². The molecule has 1 aliphatic heterocycles. The molecule has 4 heteroatoms. The maximum atomic E-state index is 10.9. The Kier molecular flexibility index (Phi) is 1.81. The van der Waals surface area contributed by atoms with E-state index in [1.54, 1.807) is 7.11 Å². The zero-order valence-electron chi connectivity index (χ0n) is 6.90. The van der Waals surface area contributed by atoms with Crippen LogP contribution in [0.5, 0.6) is 0 Å². The van der Waals surface area contributed by atoms with Crippen molar-refractivity contribution in [2.24, 2.45) is 5.92 Å². The van der Waals surface area contributed by atoms with E-state index in [0.29, 0.717) is 12.8 Å². The molecule has 2 aliphatic rings. The van der Waals surface area contributed by atoms with Crippen molar-refractivity contribution >= 4 is 5.97 Å². The maximum Gasteiger partial charge on any atom is 0.306 e. The van der Waals surface area contributed by atoms with Crippen molar-refractivity contribution in [3.05, 3.63) is 0 Å². The fraction of sp³-hybridized carbons (Fsp3) is 0.875. The van der Waals surface area contributed by atoms with E-state index in [0.717, 1.165) is 0 Å². The summed E-state index contributed by atoms with van der Waals surface area (Å²) >= 11 is 0. The van der Waals surface area contributed by atoms with Crippen LogP contribution >= 0.6 is 0 Å². The highest BCUT2D eigenvalue weighted by Gasteiger charge is 2.49. The van der Waals surface area contributed by atoms with Crippen LogP contribution in [0.1, 0.15) is 12.8 Å². The van der Waals surface area contributed by atoms with E-state index in [4.69, 9.17) is 9.47 Å². The lowest BCUT2D eigenvalue weighted by atomic mass is 10.0. The number of carbonyl (C=O) groups is 1. The number of ether oxygens (including phenoxy) is 2. The van der Waals surface area contributed by atoms with Gasteiger partial charge in [-0.3, -0.25) is 4.79 Å². The minimum atomic E-state index is -0.474. The lowest BCUT2D eigenvalue weighted by molar-refractivity contribution is -0.142. The molecular weight excluding hydrogens is 160 g/mol. The van der Waals surface area contributed by atoms with Gasteiger partial charge in [0.15, 0.2) is 0 Å². The predicted octanol–water partition coefficient (Wildman–Crippen LogP) is -0.302. The van der Waals surface area contributed by atoms with Crippen LogP contribution in [0.25, 0.3) is 0 Å². The molecule has 1 aliphatic carbocycles. The molecule has 0 spiro atoms. The molecule has 12 heavy (non-hydrogen) atoms. The Morgan fingerprint density at radius 3 is 3.08 bits per heavy atom. The molecule has 2 fully saturated rings. The molecule has 0 bridgehead atoms. The van der Waals surface area contributed by atoms with Crippen molar-refractivity contribution in [3.63, 3.8) is 0 Å². The number of esters is 1. The van der Waals surface area contributed by atoms with E-state index < -0.39 is 6.10 Å². The lowest BCUT2D eigenvalue weighted by Gasteiger charge is -2.16. The van der Waals surface area contributed by atoms with Gasteiger partial charge in [-0.05, 0) is 0 Å². The summed E-state index contributed by atoms with van der Waals surface area (Å²) in [5.74, 6) is -0.101. The number of carbonyl (C=O) groups excluding carboxylic acids is 1. The van der Waals surface area contributed by atoms with Crippen LogP contribution in [0.3, 0.4) is 0 Å². The summed E-state index contributed by atoms with van der Waals surface area (Å²) in [6.07, 6.45) is 0.104. The molecule has 4 atom stereocenters. The van der Waals surface area contributed by atoms with E-state index in [-0.39, 0.29) is 24.1 Å². The number of fused-ring (bicyclic) bond motifs is 1. The Morgan fingerprint density at radius 1 is 1.67 bits per heavy atom. The summed E-state index contributed by atoms with van der Waals surface area (Å²) in [7, 11) is 1.55. The number of hydrogen-bond acceptors (Lipinski definition) is 4. The number of rotatable bonds is 1. The number of methoxy groups -OCH3 is 1. The third-order valence-corrected chi connectivity index (χ3v) is 2.71. The second-order valence-electron chi connectivity index (χ2n) is 3.40. The van der Waals surface area contributed by atoms with Gasteiger partial charge in [0.25, 0.3) is 0 Å². The van der Waals surface area contributed by atoms with Crippen molar-refractivity contribution in [1.29, 1.82) is 0 Å². The molecule has 2 rings (SSSR count). The predicted molar refractivity (Wildman–Crippen MR) is 39.4 cm³/mol. The third-order valence-electron chi connectivity index (χ3n) is 2.71. The Hall–Kier alpha value is -0.610. The van der Waals surface area contributed by atoms with Crippen LogP contribution in [0.15, 0.2) is 0 Å². The van der Waals surface area contributed by atoms with Gasteiger partial charge in [0.05, 0.1) is 18.6 Å². The highest BCUT2D eigenvalue weighted by molar-refractivity contribution is 5.72. The van der Waals surface area contributed by atoms with Crippen LogP contribution < -0.4 is 0 Å². The van der Waals surface area contributed by atoms with Gasteiger partial charge in [-0.2, -0.15) is 0 Å². The largest absolute Gasteiger partial charge is 0.462 e.